The highest BCUT2D eigenvalue weighted by molar-refractivity contribution is 7.98. The fraction of sp³-hybridized carbons (Fsp3) is 0.217. The number of thioether (sulfide) groups is 1. The van der Waals surface area contributed by atoms with Crippen molar-refractivity contribution in [3.05, 3.63) is 60.2 Å². The number of carbonyl (C=O) groups is 1. The Balaban J connectivity index is 1.40. The molecule has 0 aliphatic carbocycles. The van der Waals surface area contributed by atoms with E-state index in [4.69, 9.17) is 10.5 Å². The third kappa shape index (κ3) is 4.76. The minimum atomic E-state index is -1.01. The SMILES string of the molecule is Nc1nc2nc(SCc3cccc(Oc4ccccc4)c3)nc(N3CC(O)C[C@H]3C(=O)O)c2s1. The van der Waals surface area contributed by atoms with Crippen LogP contribution in [0.5, 0.6) is 11.5 Å². The highest BCUT2D eigenvalue weighted by atomic mass is 32.2. The van der Waals surface area contributed by atoms with E-state index in [0.717, 1.165) is 17.1 Å². The van der Waals surface area contributed by atoms with E-state index in [9.17, 15) is 15.0 Å². The molecule has 0 bridgehead atoms. The summed E-state index contributed by atoms with van der Waals surface area (Å²) >= 11 is 2.61. The lowest BCUT2D eigenvalue weighted by atomic mass is 10.2. The molecule has 1 aliphatic heterocycles. The number of ether oxygens (including phenoxy) is 1. The van der Waals surface area contributed by atoms with Crippen LogP contribution in [0, 0.1) is 0 Å². The molecule has 1 fully saturated rings. The van der Waals surface area contributed by atoms with Crippen LogP contribution in [0.2, 0.25) is 0 Å². The van der Waals surface area contributed by atoms with Gasteiger partial charge in [-0.05, 0) is 29.8 Å². The number of para-hydroxylation sites is 1. The molecule has 2 aromatic carbocycles. The number of nitrogen functional groups attached to an aromatic ring is 1. The Morgan fingerprint density at radius 3 is 2.74 bits per heavy atom. The van der Waals surface area contributed by atoms with E-state index in [1.165, 1.54) is 23.1 Å². The van der Waals surface area contributed by atoms with E-state index < -0.39 is 18.1 Å². The molecule has 3 heterocycles. The number of carboxylic acids is 1. The molecule has 9 nitrogen and oxygen atoms in total. The van der Waals surface area contributed by atoms with Crippen LogP contribution in [-0.2, 0) is 10.5 Å². The number of fused-ring (bicyclic) bond motifs is 1. The maximum atomic E-state index is 11.8. The normalized spacial score (nSPS) is 17.9. The van der Waals surface area contributed by atoms with Crippen molar-refractivity contribution in [2.45, 2.75) is 29.5 Å². The summed E-state index contributed by atoms with van der Waals surface area (Å²) in [6.07, 6.45) is -0.619. The fourth-order valence-electron chi connectivity index (χ4n) is 3.82. The Kier molecular flexibility index (Phi) is 6.22. The lowest BCUT2D eigenvalue weighted by molar-refractivity contribution is -0.138. The average Bonchev–Trinajstić information content (AvgIpc) is 3.40. The number of aliphatic carboxylic acids is 1. The van der Waals surface area contributed by atoms with Gasteiger partial charge in [-0.1, -0.05) is 53.4 Å². The van der Waals surface area contributed by atoms with Gasteiger partial charge in [0.1, 0.15) is 22.2 Å². The van der Waals surface area contributed by atoms with Crippen LogP contribution in [-0.4, -0.2) is 49.8 Å². The summed E-state index contributed by atoms with van der Waals surface area (Å²) in [4.78, 5) is 26.9. The first kappa shape index (κ1) is 22.4. The molecule has 0 radical (unpaired) electrons. The minimum Gasteiger partial charge on any atom is -0.480 e. The number of aliphatic hydroxyl groups is 1. The van der Waals surface area contributed by atoms with Crippen LogP contribution in [0.25, 0.3) is 10.3 Å². The number of hydrogen-bond donors (Lipinski definition) is 3. The molecule has 2 aromatic heterocycles. The lowest BCUT2D eigenvalue weighted by Crippen LogP contribution is -2.36. The fourth-order valence-corrected chi connectivity index (χ4v) is 5.37. The zero-order chi connectivity index (χ0) is 23.7. The van der Waals surface area contributed by atoms with Crippen LogP contribution < -0.4 is 15.4 Å². The van der Waals surface area contributed by atoms with Gasteiger partial charge in [0.05, 0.1) is 6.10 Å². The van der Waals surface area contributed by atoms with Gasteiger partial charge in [0.2, 0.25) is 0 Å². The summed E-state index contributed by atoms with van der Waals surface area (Å²) in [6.45, 7) is 0.170. The molecule has 174 valence electrons. The number of aromatic nitrogens is 3. The van der Waals surface area contributed by atoms with Crippen molar-refractivity contribution in [1.29, 1.82) is 0 Å². The monoisotopic (exact) mass is 495 g/mol. The maximum absolute atomic E-state index is 11.8. The first-order valence-electron chi connectivity index (χ1n) is 10.5. The summed E-state index contributed by atoms with van der Waals surface area (Å²) in [6, 6.07) is 16.4. The number of β-amino-alcohol motifs (C(OH)–C–C–N with tert-alkyl or cyclic N) is 1. The summed E-state index contributed by atoms with van der Waals surface area (Å²) in [5, 5.41) is 20.5. The van der Waals surface area contributed by atoms with Crippen LogP contribution in [0.4, 0.5) is 10.9 Å². The lowest BCUT2D eigenvalue weighted by Gasteiger charge is -2.22. The molecule has 4 N–H and O–H groups in total. The molecule has 1 saturated heterocycles. The molecule has 11 heteroatoms. The summed E-state index contributed by atoms with van der Waals surface area (Å²) in [5.74, 6) is 1.48. The Labute approximate surface area is 203 Å². The second-order valence-electron chi connectivity index (χ2n) is 7.78. The van der Waals surface area contributed by atoms with Gasteiger partial charge in [0.15, 0.2) is 21.8 Å². The topological polar surface area (TPSA) is 135 Å². The number of benzene rings is 2. The van der Waals surface area contributed by atoms with Crippen molar-refractivity contribution < 1.29 is 19.7 Å². The summed E-state index contributed by atoms with van der Waals surface area (Å²) in [7, 11) is 0. The standard InChI is InChI=1S/C23H21N5O4S2/c24-22-25-19-18(34-22)20(28-11-14(29)10-17(28)21(30)31)27-23(26-19)33-12-13-5-4-8-16(9-13)32-15-6-2-1-3-7-15/h1-9,14,17,29H,10-12H2,(H,30,31)(H2,24,25,26,27)/t14?,17-/m0/s1. The quantitative estimate of drug-likeness (QED) is 0.257. The van der Waals surface area contributed by atoms with Gasteiger partial charge in [0, 0.05) is 18.7 Å². The van der Waals surface area contributed by atoms with Crippen LogP contribution in [0.1, 0.15) is 12.0 Å². The molecule has 0 saturated carbocycles. The summed E-state index contributed by atoms with van der Waals surface area (Å²) < 4.78 is 6.52. The van der Waals surface area contributed by atoms with Gasteiger partial charge in [-0.2, -0.15) is 0 Å². The zero-order valence-corrected chi connectivity index (χ0v) is 19.5. The Bertz CT molecular complexity index is 1330. The van der Waals surface area contributed by atoms with E-state index in [-0.39, 0.29) is 13.0 Å². The first-order valence-corrected chi connectivity index (χ1v) is 12.3. The molecule has 0 spiro atoms. The van der Waals surface area contributed by atoms with E-state index in [0.29, 0.717) is 32.2 Å². The molecular formula is C23H21N5O4S2. The third-order valence-electron chi connectivity index (χ3n) is 5.31. The van der Waals surface area contributed by atoms with Crippen molar-refractivity contribution >= 4 is 50.4 Å². The molecule has 1 aliphatic rings. The number of rotatable bonds is 7. The second kappa shape index (κ2) is 9.45. The second-order valence-corrected chi connectivity index (χ2v) is 9.75. The third-order valence-corrected chi connectivity index (χ3v) is 7.10. The maximum Gasteiger partial charge on any atom is 0.326 e. The Hall–Kier alpha value is -3.41. The first-order chi connectivity index (χ1) is 16.5. The van der Waals surface area contributed by atoms with E-state index >= 15 is 0 Å². The number of thiazole rings is 1. The molecule has 34 heavy (non-hydrogen) atoms. The van der Waals surface area contributed by atoms with Crippen LogP contribution in [0.15, 0.2) is 59.8 Å². The average molecular weight is 496 g/mol. The van der Waals surface area contributed by atoms with E-state index in [2.05, 4.69) is 15.0 Å². The molecule has 2 atom stereocenters. The molecule has 1 unspecified atom stereocenters. The minimum absolute atomic E-state index is 0.131. The van der Waals surface area contributed by atoms with Crippen LogP contribution >= 0.6 is 23.1 Å². The molecular weight excluding hydrogens is 474 g/mol. The largest absolute Gasteiger partial charge is 0.480 e. The van der Waals surface area contributed by atoms with Gasteiger partial charge in [0.25, 0.3) is 0 Å². The van der Waals surface area contributed by atoms with Gasteiger partial charge in [-0.25, -0.2) is 19.7 Å². The molecule has 5 rings (SSSR count). The van der Waals surface area contributed by atoms with Crippen molar-refractivity contribution in [3.63, 3.8) is 0 Å². The Morgan fingerprint density at radius 2 is 1.94 bits per heavy atom. The number of carboxylic acid groups (broad SMARTS) is 1. The summed E-state index contributed by atoms with van der Waals surface area (Å²) in [5.41, 5.74) is 7.34. The highest BCUT2D eigenvalue weighted by Crippen LogP contribution is 2.37. The number of nitrogens with zero attached hydrogens (tertiary/aromatic N) is 4. The number of hydrogen-bond acceptors (Lipinski definition) is 10. The van der Waals surface area contributed by atoms with Crippen molar-refractivity contribution in [3.8, 4) is 11.5 Å². The Morgan fingerprint density at radius 1 is 1.15 bits per heavy atom. The zero-order valence-electron chi connectivity index (χ0n) is 17.9. The molecule has 0 amide bonds. The van der Waals surface area contributed by atoms with Gasteiger partial charge < -0.3 is 25.6 Å². The predicted molar refractivity (Wildman–Crippen MR) is 132 cm³/mol. The van der Waals surface area contributed by atoms with Gasteiger partial charge in [-0.15, -0.1) is 0 Å². The van der Waals surface area contributed by atoms with Crippen LogP contribution in [0.3, 0.4) is 0 Å². The highest BCUT2D eigenvalue weighted by Gasteiger charge is 2.38. The number of anilines is 2. The van der Waals surface area contributed by atoms with Crippen molar-refractivity contribution in [2.75, 3.05) is 17.2 Å². The molecule has 4 aromatic rings. The van der Waals surface area contributed by atoms with E-state index in [1.54, 1.807) is 4.90 Å². The smallest absolute Gasteiger partial charge is 0.326 e. The number of aliphatic hydroxyl groups excluding tert-OH is 1. The van der Waals surface area contributed by atoms with Gasteiger partial charge in [-0.3, -0.25) is 0 Å². The van der Waals surface area contributed by atoms with Crippen molar-refractivity contribution in [2.24, 2.45) is 0 Å². The van der Waals surface area contributed by atoms with Gasteiger partial charge >= 0.3 is 5.97 Å². The predicted octanol–water partition coefficient (Wildman–Crippen LogP) is 3.78. The number of nitrogens with two attached hydrogens (primary N) is 1. The van der Waals surface area contributed by atoms with Crippen molar-refractivity contribution in [1.82, 2.24) is 15.0 Å². The van der Waals surface area contributed by atoms with E-state index in [1.807, 2.05) is 54.6 Å².